The zero-order valence-electron chi connectivity index (χ0n) is 10.8. The number of benzene rings is 1. The number of carbonyl (C=O) groups is 1. The van der Waals surface area contributed by atoms with E-state index < -0.39 is 16.0 Å². The van der Waals surface area contributed by atoms with Crippen LogP contribution in [0.3, 0.4) is 0 Å². The Morgan fingerprint density at radius 3 is 2.74 bits per heavy atom. The molecule has 19 heavy (non-hydrogen) atoms. The summed E-state index contributed by atoms with van der Waals surface area (Å²) in [6, 6.07) is 5.98. The van der Waals surface area contributed by atoms with E-state index in [1.165, 1.54) is 18.2 Å². The summed E-state index contributed by atoms with van der Waals surface area (Å²) in [7, 11) is -3.56. The van der Waals surface area contributed by atoms with Gasteiger partial charge in [-0.2, -0.15) is 0 Å². The maximum atomic E-state index is 12.0. The van der Waals surface area contributed by atoms with Crippen LogP contribution in [-0.4, -0.2) is 25.5 Å². The summed E-state index contributed by atoms with van der Waals surface area (Å²) >= 11 is 0. The molecule has 0 aromatic heterocycles. The molecule has 0 aliphatic heterocycles. The third kappa shape index (κ3) is 4.84. The fourth-order valence-electron chi connectivity index (χ4n) is 1.37. The average molecular weight is 283 g/mol. The van der Waals surface area contributed by atoms with Gasteiger partial charge in [0.05, 0.1) is 4.90 Å². The van der Waals surface area contributed by atoms with Crippen LogP contribution in [0.2, 0.25) is 0 Å². The van der Waals surface area contributed by atoms with E-state index in [0.29, 0.717) is 12.0 Å². The van der Waals surface area contributed by atoms with Gasteiger partial charge in [0, 0.05) is 12.1 Å². The number of carboxylic acid groups (broad SMARTS) is 1. The van der Waals surface area contributed by atoms with Gasteiger partial charge in [0.25, 0.3) is 0 Å². The molecule has 0 saturated carbocycles. The molecule has 6 heteroatoms. The second kappa shape index (κ2) is 6.49. The first-order valence-corrected chi connectivity index (χ1v) is 7.37. The molecule has 0 aliphatic rings. The van der Waals surface area contributed by atoms with E-state index in [2.05, 4.69) is 4.72 Å². The van der Waals surface area contributed by atoms with Crippen LogP contribution in [0.15, 0.2) is 35.2 Å². The maximum absolute atomic E-state index is 12.0. The van der Waals surface area contributed by atoms with Gasteiger partial charge in [-0.25, -0.2) is 17.9 Å². The van der Waals surface area contributed by atoms with Crippen molar-refractivity contribution >= 4 is 22.1 Å². The normalized spacial score (nSPS) is 13.6. The summed E-state index contributed by atoms with van der Waals surface area (Å²) in [5.41, 5.74) is 0.523. The summed E-state index contributed by atoms with van der Waals surface area (Å²) in [6.45, 7) is 3.67. The lowest BCUT2D eigenvalue weighted by Crippen LogP contribution is -2.31. The Morgan fingerprint density at radius 1 is 1.47 bits per heavy atom. The van der Waals surface area contributed by atoms with Crippen molar-refractivity contribution in [2.45, 2.75) is 31.2 Å². The molecule has 1 aromatic carbocycles. The fourth-order valence-corrected chi connectivity index (χ4v) is 2.75. The summed E-state index contributed by atoms with van der Waals surface area (Å²) in [6.07, 6.45) is 3.01. The second-order valence-corrected chi connectivity index (χ2v) is 5.89. The highest BCUT2D eigenvalue weighted by Crippen LogP contribution is 2.13. The van der Waals surface area contributed by atoms with Gasteiger partial charge in [0.1, 0.15) is 0 Å². The van der Waals surface area contributed by atoms with Gasteiger partial charge < -0.3 is 5.11 Å². The van der Waals surface area contributed by atoms with Crippen molar-refractivity contribution in [2.24, 2.45) is 0 Å². The third-order valence-corrected chi connectivity index (χ3v) is 4.14. The predicted molar refractivity (Wildman–Crippen MR) is 73.2 cm³/mol. The Hall–Kier alpha value is -1.66. The molecule has 104 valence electrons. The summed E-state index contributed by atoms with van der Waals surface area (Å²) in [5.74, 6) is -1.08. The average Bonchev–Trinajstić information content (AvgIpc) is 2.36. The predicted octanol–water partition coefficient (Wildman–Crippen LogP) is 1.86. The van der Waals surface area contributed by atoms with Crippen LogP contribution in [0.25, 0.3) is 6.08 Å². The van der Waals surface area contributed by atoms with Crippen molar-refractivity contribution < 1.29 is 18.3 Å². The first-order chi connectivity index (χ1) is 8.85. The van der Waals surface area contributed by atoms with Crippen LogP contribution in [0.4, 0.5) is 0 Å². The van der Waals surface area contributed by atoms with E-state index in [1.54, 1.807) is 19.1 Å². The number of sulfonamides is 1. The van der Waals surface area contributed by atoms with Crippen molar-refractivity contribution in [3.63, 3.8) is 0 Å². The molecule has 1 aromatic rings. The van der Waals surface area contributed by atoms with E-state index >= 15 is 0 Å². The Balaban J connectivity index is 3.02. The molecule has 0 aliphatic carbocycles. The molecule has 1 atom stereocenters. The number of carboxylic acids is 1. The SMILES string of the molecule is CCC(C)NS(=O)(=O)c1cccc(C=CC(=O)O)c1. The summed E-state index contributed by atoms with van der Waals surface area (Å²) in [4.78, 5) is 10.5. The van der Waals surface area contributed by atoms with Crippen molar-refractivity contribution in [3.8, 4) is 0 Å². The monoisotopic (exact) mass is 283 g/mol. The molecule has 5 nitrogen and oxygen atoms in total. The quantitative estimate of drug-likeness (QED) is 0.781. The van der Waals surface area contributed by atoms with Gasteiger partial charge in [-0.15, -0.1) is 0 Å². The van der Waals surface area contributed by atoms with Crippen molar-refractivity contribution in [1.29, 1.82) is 0 Å². The third-order valence-electron chi connectivity index (χ3n) is 2.56. The summed E-state index contributed by atoms with van der Waals surface area (Å²) < 4.78 is 26.6. The van der Waals surface area contributed by atoms with E-state index in [0.717, 1.165) is 6.08 Å². The van der Waals surface area contributed by atoms with Crippen LogP contribution < -0.4 is 4.72 Å². The van der Waals surface area contributed by atoms with E-state index in [9.17, 15) is 13.2 Å². The van der Waals surface area contributed by atoms with E-state index in [4.69, 9.17) is 5.11 Å². The first kappa shape index (κ1) is 15.4. The van der Waals surface area contributed by atoms with Gasteiger partial charge >= 0.3 is 5.97 Å². The zero-order chi connectivity index (χ0) is 14.5. The molecule has 0 bridgehead atoms. The number of hydrogen-bond acceptors (Lipinski definition) is 3. The van der Waals surface area contributed by atoms with Gasteiger partial charge in [-0.1, -0.05) is 19.1 Å². The van der Waals surface area contributed by atoms with E-state index in [-0.39, 0.29) is 10.9 Å². The lowest BCUT2D eigenvalue weighted by atomic mass is 10.2. The van der Waals surface area contributed by atoms with Gasteiger partial charge in [-0.3, -0.25) is 0 Å². The number of hydrogen-bond donors (Lipinski definition) is 2. The Labute approximate surface area is 113 Å². The van der Waals surface area contributed by atoms with Crippen LogP contribution in [-0.2, 0) is 14.8 Å². The second-order valence-electron chi connectivity index (χ2n) is 4.17. The Bertz CT molecular complexity index is 578. The highest BCUT2D eigenvalue weighted by atomic mass is 32.2. The van der Waals surface area contributed by atoms with Gasteiger partial charge in [0.15, 0.2) is 0 Å². The molecule has 0 spiro atoms. The van der Waals surface area contributed by atoms with Crippen molar-refractivity contribution in [2.75, 3.05) is 0 Å². The van der Waals surface area contributed by atoms with Crippen LogP contribution in [0.1, 0.15) is 25.8 Å². The highest BCUT2D eigenvalue weighted by Gasteiger charge is 2.16. The summed E-state index contributed by atoms with van der Waals surface area (Å²) in [5, 5.41) is 8.54. The zero-order valence-corrected chi connectivity index (χ0v) is 11.6. The number of aliphatic carboxylic acids is 1. The number of nitrogens with one attached hydrogen (secondary N) is 1. The molecular weight excluding hydrogens is 266 g/mol. The topological polar surface area (TPSA) is 83.5 Å². The minimum absolute atomic E-state index is 0.125. The lowest BCUT2D eigenvalue weighted by Gasteiger charge is -2.12. The minimum Gasteiger partial charge on any atom is -0.478 e. The van der Waals surface area contributed by atoms with Crippen molar-refractivity contribution in [3.05, 3.63) is 35.9 Å². The van der Waals surface area contributed by atoms with Crippen LogP contribution >= 0.6 is 0 Å². The van der Waals surface area contributed by atoms with Crippen molar-refractivity contribution in [1.82, 2.24) is 4.72 Å². The Kier molecular flexibility index (Phi) is 5.26. The highest BCUT2D eigenvalue weighted by molar-refractivity contribution is 7.89. The molecule has 0 fully saturated rings. The molecule has 1 unspecified atom stereocenters. The molecule has 2 N–H and O–H groups in total. The standard InChI is InChI=1S/C13H17NO4S/c1-3-10(2)14-19(17,18)12-6-4-5-11(9-12)7-8-13(15)16/h4-10,14H,3H2,1-2H3,(H,15,16). The number of rotatable bonds is 6. The molecule has 0 radical (unpaired) electrons. The molecule has 0 amide bonds. The molecule has 1 rings (SSSR count). The first-order valence-electron chi connectivity index (χ1n) is 5.88. The fraction of sp³-hybridized carbons (Fsp3) is 0.308. The minimum atomic E-state index is -3.56. The van der Waals surface area contributed by atoms with Crippen LogP contribution in [0, 0.1) is 0 Å². The van der Waals surface area contributed by atoms with E-state index in [1.807, 2.05) is 6.92 Å². The molecular formula is C13H17NO4S. The largest absolute Gasteiger partial charge is 0.478 e. The van der Waals surface area contributed by atoms with Gasteiger partial charge in [0.2, 0.25) is 10.0 Å². The van der Waals surface area contributed by atoms with Crippen LogP contribution in [0.5, 0.6) is 0 Å². The Morgan fingerprint density at radius 2 is 2.16 bits per heavy atom. The van der Waals surface area contributed by atoms with Gasteiger partial charge in [-0.05, 0) is 37.1 Å². The molecule has 0 saturated heterocycles. The maximum Gasteiger partial charge on any atom is 0.328 e. The lowest BCUT2D eigenvalue weighted by molar-refractivity contribution is -0.131. The molecule has 0 heterocycles. The smallest absolute Gasteiger partial charge is 0.328 e.